The number of rotatable bonds is 3. The molecule has 1 aliphatic heterocycles. The highest BCUT2D eigenvalue weighted by molar-refractivity contribution is 6.33. The number of nitrogens with zero attached hydrogens (tertiary/aromatic N) is 6. The van der Waals surface area contributed by atoms with Crippen LogP contribution in [0.4, 0.5) is 5.95 Å². The molecule has 0 bridgehead atoms. The molecule has 3 aromatic carbocycles. The molecule has 35 heavy (non-hydrogen) atoms. The number of para-hydroxylation sites is 1. The minimum absolute atomic E-state index is 0.0698. The Balaban J connectivity index is 1.40. The van der Waals surface area contributed by atoms with E-state index in [9.17, 15) is 4.79 Å². The molecule has 3 heterocycles. The maximum absolute atomic E-state index is 13.1. The van der Waals surface area contributed by atoms with E-state index >= 15 is 0 Å². The van der Waals surface area contributed by atoms with Crippen molar-refractivity contribution in [3.63, 3.8) is 0 Å². The first-order valence-electron chi connectivity index (χ1n) is 11.6. The number of aromatic nitrogens is 4. The Morgan fingerprint density at radius 3 is 2.37 bits per heavy atom. The summed E-state index contributed by atoms with van der Waals surface area (Å²) in [5, 5.41) is 10.6. The predicted molar refractivity (Wildman–Crippen MR) is 138 cm³/mol. The number of fused-ring (bicyclic) bond motifs is 3. The summed E-state index contributed by atoms with van der Waals surface area (Å²) in [5.41, 5.74) is 4.14. The number of hydrogen-bond donors (Lipinski definition) is 0. The van der Waals surface area contributed by atoms with E-state index in [-0.39, 0.29) is 5.91 Å². The van der Waals surface area contributed by atoms with Crippen LogP contribution in [0.15, 0.2) is 72.8 Å². The fourth-order valence-electron chi connectivity index (χ4n) is 4.69. The minimum Gasteiger partial charge on any atom is -0.338 e. The molecule has 1 aliphatic rings. The lowest BCUT2D eigenvalue weighted by molar-refractivity contribution is 0.0745. The van der Waals surface area contributed by atoms with Crippen molar-refractivity contribution in [1.29, 1.82) is 0 Å². The average Bonchev–Trinajstić information content (AvgIpc) is 3.34. The number of carbonyl (C=O) groups is 1. The number of halogens is 1. The molecule has 2 aromatic heterocycles. The summed E-state index contributed by atoms with van der Waals surface area (Å²) in [6.45, 7) is 4.48. The summed E-state index contributed by atoms with van der Waals surface area (Å²) in [6, 6.07) is 23.3. The average molecular weight is 483 g/mol. The smallest absolute Gasteiger partial charge is 0.254 e. The summed E-state index contributed by atoms with van der Waals surface area (Å²) in [7, 11) is 0. The molecule has 174 valence electrons. The lowest BCUT2D eigenvalue weighted by Crippen LogP contribution is -2.49. The Kier molecular flexibility index (Phi) is 5.34. The van der Waals surface area contributed by atoms with E-state index in [0.29, 0.717) is 37.0 Å². The van der Waals surface area contributed by atoms with Gasteiger partial charge >= 0.3 is 0 Å². The standard InChI is InChI=1S/C27H23ClN6O/c1-18-8-2-3-9-19(18)26(35)32-14-16-33(17-15-32)27-29-23-13-7-5-11-21(23)25-31-30-24(34(25)27)20-10-4-6-12-22(20)28/h2-13H,14-17H2,1H3. The van der Waals surface area contributed by atoms with Gasteiger partial charge in [0.15, 0.2) is 11.5 Å². The molecule has 1 saturated heterocycles. The SMILES string of the molecule is Cc1ccccc1C(=O)N1CCN(c2nc3ccccc3c3nnc(-c4ccccc4Cl)n23)CC1. The van der Waals surface area contributed by atoms with Crippen molar-refractivity contribution in [2.75, 3.05) is 31.1 Å². The van der Waals surface area contributed by atoms with Crippen molar-refractivity contribution in [1.82, 2.24) is 24.5 Å². The first kappa shape index (κ1) is 21.6. The summed E-state index contributed by atoms with van der Waals surface area (Å²) in [5.74, 6) is 1.47. The number of hydrogen-bond acceptors (Lipinski definition) is 5. The summed E-state index contributed by atoms with van der Waals surface area (Å²) >= 11 is 6.54. The van der Waals surface area contributed by atoms with Crippen molar-refractivity contribution < 1.29 is 4.79 Å². The fourth-order valence-corrected chi connectivity index (χ4v) is 4.91. The van der Waals surface area contributed by atoms with Gasteiger partial charge in [-0.2, -0.15) is 0 Å². The first-order chi connectivity index (χ1) is 17.1. The van der Waals surface area contributed by atoms with E-state index in [4.69, 9.17) is 16.6 Å². The summed E-state index contributed by atoms with van der Waals surface area (Å²) in [4.78, 5) is 22.3. The van der Waals surface area contributed by atoms with Gasteiger partial charge in [-0.3, -0.25) is 4.79 Å². The van der Waals surface area contributed by atoms with Crippen LogP contribution in [0, 0.1) is 6.92 Å². The fraction of sp³-hybridized carbons (Fsp3) is 0.185. The Labute approximate surface area is 207 Å². The van der Waals surface area contributed by atoms with Gasteiger partial charge in [-0.25, -0.2) is 9.38 Å². The molecule has 0 radical (unpaired) electrons. The normalized spacial score (nSPS) is 14.1. The van der Waals surface area contributed by atoms with Crippen LogP contribution in [-0.4, -0.2) is 56.6 Å². The number of anilines is 1. The second kappa shape index (κ2) is 8.67. The zero-order chi connectivity index (χ0) is 23.9. The molecule has 7 nitrogen and oxygen atoms in total. The summed E-state index contributed by atoms with van der Waals surface area (Å²) < 4.78 is 1.99. The Morgan fingerprint density at radius 2 is 1.57 bits per heavy atom. The van der Waals surface area contributed by atoms with Crippen LogP contribution >= 0.6 is 11.6 Å². The van der Waals surface area contributed by atoms with Gasteiger partial charge in [-0.1, -0.05) is 54.1 Å². The van der Waals surface area contributed by atoms with E-state index in [2.05, 4.69) is 15.1 Å². The number of amides is 1. The highest BCUT2D eigenvalue weighted by atomic mass is 35.5. The van der Waals surface area contributed by atoms with Gasteiger partial charge in [0.05, 0.1) is 10.5 Å². The van der Waals surface area contributed by atoms with Crippen molar-refractivity contribution in [3.05, 3.63) is 88.9 Å². The molecule has 1 fully saturated rings. The highest BCUT2D eigenvalue weighted by Crippen LogP contribution is 2.32. The topological polar surface area (TPSA) is 66.6 Å². The molecular weight excluding hydrogens is 460 g/mol. The monoisotopic (exact) mass is 482 g/mol. The van der Waals surface area contributed by atoms with Crippen LogP contribution in [0.1, 0.15) is 15.9 Å². The lowest BCUT2D eigenvalue weighted by atomic mass is 10.1. The van der Waals surface area contributed by atoms with Crippen LogP contribution < -0.4 is 4.90 Å². The molecule has 0 atom stereocenters. The van der Waals surface area contributed by atoms with Crippen molar-refractivity contribution >= 4 is 40.0 Å². The second-order valence-corrected chi connectivity index (χ2v) is 9.09. The number of piperazine rings is 1. The van der Waals surface area contributed by atoms with Crippen LogP contribution in [0.3, 0.4) is 0 Å². The third-order valence-electron chi connectivity index (χ3n) is 6.57. The van der Waals surface area contributed by atoms with Crippen LogP contribution in [0.2, 0.25) is 5.02 Å². The van der Waals surface area contributed by atoms with E-state index < -0.39 is 0 Å². The van der Waals surface area contributed by atoms with Gasteiger partial charge in [-0.15, -0.1) is 10.2 Å². The van der Waals surface area contributed by atoms with E-state index in [1.807, 2.05) is 89.0 Å². The van der Waals surface area contributed by atoms with E-state index in [0.717, 1.165) is 39.2 Å². The van der Waals surface area contributed by atoms with Gasteiger partial charge in [-0.05, 0) is 42.8 Å². The minimum atomic E-state index is 0.0698. The molecule has 0 aliphatic carbocycles. The van der Waals surface area contributed by atoms with Crippen LogP contribution in [-0.2, 0) is 0 Å². The molecule has 5 aromatic rings. The van der Waals surface area contributed by atoms with Crippen molar-refractivity contribution in [2.45, 2.75) is 6.92 Å². The van der Waals surface area contributed by atoms with Crippen molar-refractivity contribution in [2.24, 2.45) is 0 Å². The first-order valence-corrected chi connectivity index (χ1v) is 12.0. The number of aryl methyl sites for hydroxylation is 1. The van der Waals surface area contributed by atoms with Crippen LogP contribution in [0.5, 0.6) is 0 Å². The van der Waals surface area contributed by atoms with Crippen LogP contribution in [0.25, 0.3) is 27.9 Å². The maximum atomic E-state index is 13.1. The zero-order valence-electron chi connectivity index (χ0n) is 19.2. The van der Waals surface area contributed by atoms with Gasteiger partial charge in [0.1, 0.15) is 0 Å². The molecular formula is C27H23ClN6O. The molecule has 1 amide bonds. The molecule has 0 N–H and O–H groups in total. The number of carbonyl (C=O) groups excluding carboxylic acids is 1. The highest BCUT2D eigenvalue weighted by Gasteiger charge is 2.27. The summed E-state index contributed by atoms with van der Waals surface area (Å²) in [6.07, 6.45) is 0. The second-order valence-electron chi connectivity index (χ2n) is 8.69. The van der Waals surface area contributed by atoms with Gasteiger partial charge in [0, 0.05) is 42.7 Å². The third kappa shape index (κ3) is 3.68. The number of benzene rings is 3. The van der Waals surface area contributed by atoms with Gasteiger partial charge in [0.2, 0.25) is 5.95 Å². The van der Waals surface area contributed by atoms with Gasteiger partial charge < -0.3 is 9.80 Å². The molecule has 8 heteroatoms. The van der Waals surface area contributed by atoms with E-state index in [1.54, 1.807) is 0 Å². The maximum Gasteiger partial charge on any atom is 0.254 e. The van der Waals surface area contributed by atoms with Gasteiger partial charge in [0.25, 0.3) is 5.91 Å². The lowest BCUT2D eigenvalue weighted by Gasteiger charge is -2.36. The molecule has 0 spiro atoms. The Bertz CT molecular complexity index is 1570. The van der Waals surface area contributed by atoms with E-state index in [1.165, 1.54) is 0 Å². The zero-order valence-corrected chi connectivity index (χ0v) is 20.0. The Hall–Kier alpha value is -3.97. The molecule has 0 saturated carbocycles. The Morgan fingerprint density at radius 1 is 0.857 bits per heavy atom. The predicted octanol–water partition coefficient (Wildman–Crippen LogP) is 4.87. The quantitative estimate of drug-likeness (QED) is 0.367. The largest absolute Gasteiger partial charge is 0.338 e. The molecule has 6 rings (SSSR count). The van der Waals surface area contributed by atoms with Crippen molar-refractivity contribution in [3.8, 4) is 11.4 Å². The third-order valence-corrected chi connectivity index (χ3v) is 6.90. The molecule has 0 unspecified atom stereocenters.